The number of methoxy groups -OCH3 is 2. The zero-order chi connectivity index (χ0) is 26.2. The molecule has 8 nitrogen and oxygen atoms in total. The highest BCUT2D eigenvalue weighted by Crippen LogP contribution is 2.29. The summed E-state index contributed by atoms with van der Waals surface area (Å²) < 4.78 is 12.5. The van der Waals surface area contributed by atoms with Gasteiger partial charge in [-0.1, -0.05) is 49.9 Å². The first-order valence-corrected chi connectivity index (χ1v) is 12.8. The molecule has 0 saturated carbocycles. The van der Waals surface area contributed by atoms with Crippen LogP contribution in [0.2, 0.25) is 0 Å². The van der Waals surface area contributed by atoms with E-state index in [9.17, 15) is 4.79 Å². The van der Waals surface area contributed by atoms with Crippen LogP contribution in [0.3, 0.4) is 0 Å². The Kier molecular flexibility index (Phi) is 8.58. The average molecular weight is 516 g/mol. The lowest BCUT2D eigenvalue weighted by atomic mass is 10.0. The first-order chi connectivity index (χ1) is 18.0. The largest absolute Gasteiger partial charge is 0.497 e. The molecule has 0 aliphatic rings. The van der Waals surface area contributed by atoms with E-state index in [2.05, 4.69) is 46.7 Å². The van der Waals surface area contributed by atoms with Crippen molar-refractivity contribution in [2.45, 2.75) is 24.9 Å². The van der Waals surface area contributed by atoms with Crippen LogP contribution < -0.4 is 14.9 Å². The molecule has 4 rings (SSSR count). The second kappa shape index (κ2) is 12.2. The molecule has 1 aromatic heterocycles. The summed E-state index contributed by atoms with van der Waals surface area (Å²) in [5, 5.41) is 13.5. The quantitative estimate of drug-likeness (QED) is 0.175. The number of hydrazone groups is 1. The second-order valence-corrected chi connectivity index (χ2v) is 9.41. The first kappa shape index (κ1) is 26.0. The summed E-state index contributed by atoms with van der Waals surface area (Å²) in [7, 11) is 3.25. The van der Waals surface area contributed by atoms with Gasteiger partial charge in [-0.25, -0.2) is 5.43 Å². The average Bonchev–Trinajstić information content (AvgIpc) is 3.36. The third kappa shape index (κ3) is 6.56. The van der Waals surface area contributed by atoms with Crippen molar-refractivity contribution in [2.24, 2.45) is 5.10 Å². The molecule has 0 radical (unpaired) electrons. The maximum atomic E-state index is 12.5. The fraction of sp³-hybridized carbons (Fsp3) is 0.214. The number of hydrogen-bond donors (Lipinski definition) is 1. The van der Waals surface area contributed by atoms with Crippen molar-refractivity contribution in [3.63, 3.8) is 0 Å². The number of amides is 1. The smallest absolute Gasteiger partial charge is 0.250 e. The maximum absolute atomic E-state index is 12.5. The Bertz CT molecular complexity index is 1350. The molecule has 9 heteroatoms. The van der Waals surface area contributed by atoms with E-state index in [1.807, 2.05) is 65.2 Å². The molecule has 1 N–H and O–H groups in total. The minimum atomic E-state index is -0.240. The zero-order valence-electron chi connectivity index (χ0n) is 21.2. The van der Waals surface area contributed by atoms with E-state index in [0.29, 0.717) is 16.9 Å². The molecule has 3 aromatic carbocycles. The van der Waals surface area contributed by atoms with Crippen LogP contribution in [0.1, 0.15) is 30.9 Å². The Balaban J connectivity index is 1.49. The van der Waals surface area contributed by atoms with Gasteiger partial charge < -0.3 is 9.47 Å². The predicted molar refractivity (Wildman–Crippen MR) is 147 cm³/mol. The molecule has 1 heterocycles. The SMILES string of the molecule is COc1ccc(-c2nnc(SCC(=O)N/N=C/c3ccc(C(C)C)cc3)n2-c2ccc(OC)cc2)cc1. The van der Waals surface area contributed by atoms with Gasteiger partial charge in [0, 0.05) is 11.3 Å². The van der Waals surface area contributed by atoms with Crippen molar-refractivity contribution in [1.82, 2.24) is 20.2 Å². The summed E-state index contributed by atoms with van der Waals surface area (Å²) in [5.41, 5.74) is 6.48. The number of carbonyl (C=O) groups excluding carboxylic acids is 1. The number of benzene rings is 3. The highest BCUT2D eigenvalue weighted by Gasteiger charge is 2.17. The van der Waals surface area contributed by atoms with Crippen molar-refractivity contribution in [2.75, 3.05) is 20.0 Å². The summed E-state index contributed by atoms with van der Waals surface area (Å²) in [6.07, 6.45) is 1.63. The molecule has 0 bridgehead atoms. The standard InChI is InChI=1S/C28H29N5O3S/c1-19(2)21-7-5-20(6-8-21)17-29-30-26(34)18-37-28-32-31-27(22-9-13-24(35-3)14-10-22)33(28)23-11-15-25(36-4)16-12-23/h5-17,19H,18H2,1-4H3,(H,30,34)/b29-17+. The molecule has 0 unspecified atom stereocenters. The first-order valence-electron chi connectivity index (χ1n) is 11.8. The van der Waals surface area contributed by atoms with Gasteiger partial charge in [-0.3, -0.25) is 9.36 Å². The van der Waals surface area contributed by atoms with Gasteiger partial charge in [-0.2, -0.15) is 5.10 Å². The number of hydrogen-bond acceptors (Lipinski definition) is 7. The van der Waals surface area contributed by atoms with Crippen LogP contribution in [0.15, 0.2) is 83.1 Å². The molecule has 0 spiro atoms. The van der Waals surface area contributed by atoms with Crippen LogP contribution in [-0.4, -0.2) is 46.9 Å². The molecule has 0 aliphatic heterocycles. The highest BCUT2D eigenvalue weighted by atomic mass is 32.2. The van der Waals surface area contributed by atoms with Crippen LogP contribution in [0.5, 0.6) is 11.5 Å². The monoisotopic (exact) mass is 515 g/mol. The van der Waals surface area contributed by atoms with Crippen molar-refractivity contribution in [3.05, 3.63) is 83.9 Å². The summed E-state index contributed by atoms with van der Waals surface area (Å²) in [6, 6.07) is 23.3. The number of nitrogens with one attached hydrogen (secondary N) is 1. The van der Waals surface area contributed by atoms with E-state index in [0.717, 1.165) is 28.3 Å². The number of carbonyl (C=O) groups is 1. The Labute approximate surface area is 220 Å². The van der Waals surface area contributed by atoms with E-state index in [1.54, 1.807) is 20.4 Å². The summed E-state index contributed by atoms with van der Waals surface area (Å²) in [4.78, 5) is 12.5. The van der Waals surface area contributed by atoms with E-state index in [-0.39, 0.29) is 11.7 Å². The van der Waals surface area contributed by atoms with E-state index in [1.165, 1.54) is 17.3 Å². The summed E-state index contributed by atoms with van der Waals surface area (Å²) in [6.45, 7) is 4.30. The predicted octanol–water partition coefficient (Wildman–Crippen LogP) is 5.32. The summed E-state index contributed by atoms with van der Waals surface area (Å²) >= 11 is 1.28. The van der Waals surface area contributed by atoms with Gasteiger partial charge in [0.1, 0.15) is 11.5 Å². The number of aromatic nitrogens is 3. The van der Waals surface area contributed by atoms with Crippen molar-refractivity contribution in [3.8, 4) is 28.6 Å². The molecule has 0 fully saturated rings. The lowest BCUT2D eigenvalue weighted by molar-refractivity contribution is -0.118. The number of ether oxygens (including phenoxy) is 2. The van der Waals surface area contributed by atoms with E-state index >= 15 is 0 Å². The molecule has 0 atom stereocenters. The van der Waals surface area contributed by atoms with Crippen LogP contribution in [0.4, 0.5) is 0 Å². The Hall–Kier alpha value is -4.11. The van der Waals surface area contributed by atoms with Gasteiger partial charge in [-0.05, 0) is 65.6 Å². The highest BCUT2D eigenvalue weighted by molar-refractivity contribution is 7.99. The Morgan fingerprint density at radius 2 is 1.57 bits per heavy atom. The van der Waals surface area contributed by atoms with Gasteiger partial charge in [0.2, 0.25) is 0 Å². The molecule has 0 saturated heterocycles. The third-order valence-electron chi connectivity index (χ3n) is 5.65. The second-order valence-electron chi connectivity index (χ2n) is 8.47. The summed E-state index contributed by atoms with van der Waals surface area (Å²) in [5.74, 6) is 2.50. The topological polar surface area (TPSA) is 90.6 Å². The van der Waals surface area contributed by atoms with Gasteiger partial charge in [0.15, 0.2) is 11.0 Å². The van der Waals surface area contributed by atoms with Crippen LogP contribution in [0.25, 0.3) is 17.1 Å². The lowest BCUT2D eigenvalue weighted by Crippen LogP contribution is -2.20. The minimum absolute atomic E-state index is 0.126. The van der Waals surface area contributed by atoms with Crippen LogP contribution >= 0.6 is 11.8 Å². The molecule has 1 amide bonds. The Morgan fingerprint density at radius 1 is 0.946 bits per heavy atom. The molecule has 0 aliphatic carbocycles. The number of rotatable bonds is 10. The Morgan fingerprint density at radius 3 is 2.16 bits per heavy atom. The van der Waals surface area contributed by atoms with Crippen molar-refractivity contribution in [1.29, 1.82) is 0 Å². The number of nitrogens with zero attached hydrogens (tertiary/aromatic N) is 4. The lowest BCUT2D eigenvalue weighted by Gasteiger charge is -2.11. The molecular formula is C28H29N5O3S. The fourth-order valence-corrected chi connectivity index (χ4v) is 4.31. The van der Waals surface area contributed by atoms with Gasteiger partial charge in [-0.15, -0.1) is 10.2 Å². The van der Waals surface area contributed by atoms with Crippen molar-refractivity contribution < 1.29 is 14.3 Å². The van der Waals surface area contributed by atoms with Gasteiger partial charge in [0.25, 0.3) is 5.91 Å². The third-order valence-corrected chi connectivity index (χ3v) is 6.58. The maximum Gasteiger partial charge on any atom is 0.250 e. The minimum Gasteiger partial charge on any atom is -0.497 e. The van der Waals surface area contributed by atoms with Crippen LogP contribution in [0, 0.1) is 0 Å². The molecule has 4 aromatic rings. The van der Waals surface area contributed by atoms with Gasteiger partial charge in [0.05, 0.1) is 26.2 Å². The van der Waals surface area contributed by atoms with E-state index < -0.39 is 0 Å². The fourth-order valence-electron chi connectivity index (χ4n) is 3.56. The molecule has 37 heavy (non-hydrogen) atoms. The normalized spacial score (nSPS) is 11.2. The van der Waals surface area contributed by atoms with Crippen molar-refractivity contribution >= 4 is 23.9 Å². The van der Waals surface area contributed by atoms with Crippen LogP contribution in [-0.2, 0) is 4.79 Å². The number of thioether (sulfide) groups is 1. The van der Waals surface area contributed by atoms with Gasteiger partial charge >= 0.3 is 0 Å². The van der Waals surface area contributed by atoms with E-state index in [4.69, 9.17) is 9.47 Å². The zero-order valence-corrected chi connectivity index (χ0v) is 22.0. The molecular weight excluding hydrogens is 486 g/mol. The molecule has 190 valence electrons.